The lowest BCUT2D eigenvalue weighted by Crippen LogP contribution is -2.38. The van der Waals surface area contributed by atoms with Gasteiger partial charge in [0.2, 0.25) is 0 Å². The molecular formula is C11H14F3NO2S. The first kappa shape index (κ1) is 15.0. The molecule has 0 radical (unpaired) electrons. The fraction of sp³-hybridized carbons (Fsp3) is 0.455. The summed E-state index contributed by atoms with van der Waals surface area (Å²) in [6.45, 7) is 1.38. The first-order valence-electron chi connectivity index (χ1n) is 5.27. The number of aryl methyl sites for hydroxylation is 1. The third-order valence-corrected chi connectivity index (χ3v) is 4.70. The second-order valence-electron chi connectivity index (χ2n) is 3.97. The van der Waals surface area contributed by atoms with Crippen LogP contribution >= 0.6 is 0 Å². The zero-order chi connectivity index (χ0) is 14.0. The van der Waals surface area contributed by atoms with E-state index in [1.54, 1.807) is 6.92 Å². The van der Waals surface area contributed by atoms with Gasteiger partial charge in [-0.2, -0.15) is 13.2 Å². The van der Waals surface area contributed by atoms with Gasteiger partial charge in [0.05, 0.1) is 4.90 Å². The number of benzene rings is 1. The minimum absolute atomic E-state index is 0.330. The second kappa shape index (κ2) is 5.27. The van der Waals surface area contributed by atoms with E-state index < -0.39 is 27.7 Å². The summed E-state index contributed by atoms with van der Waals surface area (Å²) in [6, 6.07) is 5.28. The van der Waals surface area contributed by atoms with E-state index in [2.05, 4.69) is 0 Å². The molecule has 0 aliphatic rings. The highest BCUT2D eigenvalue weighted by Crippen LogP contribution is 2.32. The van der Waals surface area contributed by atoms with Gasteiger partial charge >= 0.3 is 6.18 Å². The predicted molar refractivity (Wildman–Crippen MR) is 61.9 cm³/mol. The molecule has 0 amide bonds. The fourth-order valence-corrected chi connectivity index (χ4v) is 3.18. The van der Waals surface area contributed by atoms with Crippen LogP contribution in [0, 0.1) is 6.92 Å². The van der Waals surface area contributed by atoms with Crippen molar-refractivity contribution in [3.8, 4) is 0 Å². The first-order chi connectivity index (χ1) is 8.19. The Hall–Kier alpha value is -1.08. The van der Waals surface area contributed by atoms with Crippen LogP contribution in [0.5, 0.6) is 0 Å². The molecule has 18 heavy (non-hydrogen) atoms. The molecule has 0 fully saturated rings. The lowest BCUT2D eigenvalue weighted by Gasteiger charge is -2.20. The highest BCUT2D eigenvalue weighted by molar-refractivity contribution is 7.92. The van der Waals surface area contributed by atoms with Crippen molar-refractivity contribution in [1.82, 2.24) is 0 Å². The predicted octanol–water partition coefficient (Wildman–Crippen LogP) is 2.05. The van der Waals surface area contributed by atoms with E-state index in [-0.39, 0.29) is 11.4 Å². The first-order valence-corrected chi connectivity index (χ1v) is 6.81. The highest BCUT2D eigenvalue weighted by Gasteiger charge is 2.48. The van der Waals surface area contributed by atoms with E-state index in [0.29, 0.717) is 0 Å². The molecule has 0 aliphatic heterocycles. The van der Waals surface area contributed by atoms with Gasteiger partial charge in [-0.1, -0.05) is 17.7 Å². The summed E-state index contributed by atoms with van der Waals surface area (Å²) >= 11 is 0. The van der Waals surface area contributed by atoms with Crippen LogP contribution in [-0.2, 0) is 9.84 Å². The Morgan fingerprint density at radius 1 is 1.22 bits per heavy atom. The van der Waals surface area contributed by atoms with Crippen LogP contribution in [0.3, 0.4) is 0 Å². The summed E-state index contributed by atoms with van der Waals surface area (Å²) in [4.78, 5) is -0.330. The van der Waals surface area contributed by atoms with Gasteiger partial charge in [0.1, 0.15) is 0 Å². The topological polar surface area (TPSA) is 60.2 Å². The molecule has 1 aromatic carbocycles. The Morgan fingerprint density at radius 3 is 2.11 bits per heavy atom. The van der Waals surface area contributed by atoms with E-state index in [1.807, 2.05) is 0 Å². The van der Waals surface area contributed by atoms with E-state index in [0.717, 1.165) is 5.56 Å². The Labute approximate surface area is 104 Å². The maximum atomic E-state index is 12.7. The second-order valence-corrected chi connectivity index (χ2v) is 6.10. The molecule has 0 aromatic heterocycles. The maximum Gasteiger partial charge on any atom is 0.405 e. The van der Waals surface area contributed by atoms with Crippen LogP contribution in [0.25, 0.3) is 0 Å². The third kappa shape index (κ3) is 3.23. The van der Waals surface area contributed by atoms with Gasteiger partial charge in [-0.05, 0) is 32.0 Å². The van der Waals surface area contributed by atoms with Gasteiger partial charge in [-0.25, -0.2) is 8.42 Å². The minimum Gasteiger partial charge on any atom is -0.330 e. The molecule has 1 rings (SSSR count). The van der Waals surface area contributed by atoms with Gasteiger partial charge in [-0.3, -0.25) is 0 Å². The fourth-order valence-electron chi connectivity index (χ4n) is 1.54. The van der Waals surface area contributed by atoms with Crippen molar-refractivity contribution in [3.63, 3.8) is 0 Å². The highest BCUT2D eigenvalue weighted by atomic mass is 32.2. The SMILES string of the molecule is Cc1ccc(S(=O)(=O)C(CCN)C(F)(F)F)cc1. The Balaban J connectivity index is 3.21. The number of sulfone groups is 1. The van der Waals surface area contributed by atoms with Gasteiger partial charge in [0, 0.05) is 0 Å². The van der Waals surface area contributed by atoms with Crippen molar-refractivity contribution in [1.29, 1.82) is 0 Å². The monoisotopic (exact) mass is 281 g/mol. The molecule has 0 saturated carbocycles. The summed E-state index contributed by atoms with van der Waals surface area (Å²) in [6.07, 6.45) is -5.46. The van der Waals surface area contributed by atoms with E-state index in [9.17, 15) is 21.6 Å². The number of alkyl halides is 3. The Kier molecular flexibility index (Phi) is 4.39. The summed E-state index contributed by atoms with van der Waals surface area (Å²) in [5, 5.41) is -2.45. The number of rotatable bonds is 4. The minimum atomic E-state index is -4.82. The lowest BCUT2D eigenvalue weighted by molar-refractivity contribution is -0.131. The number of halogens is 3. The lowest BCUT2D eigenvalue weighted by atomic mass is 10.2. The molecule has 102 valence electrons. The molecule has 1 atom stereocenters. The smallest absolute Gasteiger partial charge is 0.330 e. The van der Waals surface area contributed by atoms with E-state index in [1.165, 1.54) is 24.3 Å². The van der Waals surface area contributed by atoms with Crippen molar-refractivity contribution in [2.75, 3.05) is 6.54 Å². The molecular weight excluding hydrogens is 267 g/mol. The standard InChI is InChI=1S/C11H14F3NO2S/c1-8-2-4-9(5-3-8)18(16,17)10(6-7-15)11(12,13)14/h2-5,10H,6-7,15H2,1H3. The Morgan fingerprint density at radius 2 is 1.72 bits per heavy atom. The Bertz CT molecular complexity index is 494. The number of nitrogens with two attached hydrogens (primary N) is 1. The molecule has 0 heterocycles. The van der Waals surface area contributed by atoms with Crippen LogP contribution in [0.1, 0.15) is 12.0 Å². The molecule has 2 N–H and O–H groups in total. The third-order valence-electron chi connectivity index (χ3n) is 2.52. The quantitative estimate of drug-likeness (QED) is 0.918. The van der Waals surface area contributed by atoms with Crippen LogP contribution in [-0.4, -0.2) is 26.4 Å². The van der Waals surface area contributed by atoms with Crippen molar-refractivity contribution in [3.05, 3.63) is 29.8 Å². The normalized spacial score (nSPS) is 14.5. The molecule has 0 aliphatic carbocycles. The van der Waals surface area contributed by atoms with E-state index in [4.69, 9.17) is 5.73 Å². The van der Waals surface area contributed by atoms with Crippen LogP contribution in [0.2, 0.25) is 0 Å². The maximum absolute atomic E-state index is 12.7. The summed E-state index contributed by atoms with van der Waals surface area (Å²) in [5.74, 6) is 0. The van der Waals surface area contributed by atoms with Crippen molar-refractivity contribution >= 4 is 9.84 Å². The summed E-state index contributed by atoms with van der Waals surface area (Å²) in [5.41, 5.74) is 5.83. The average molecular weight is 281 g/mol. The molecule has 7 heteroatoms. The summed E-state index contributed by atoms with van der Waals surface area (Å²) < 4.78 is 62.0. The zero-order valence-electron chi connectivity index (χ0n) is 9.74. The molecule has 1 aromatic rings. The molecule has 3 nitrogen and oxygen atoms in total. The zero-order valence-corrected chi connectivity index (χ0v) is 10.6. The van der Waals surface area contributed by atoms with Gasteiger partial charge in [0.15, 0.2) is 15.1 Å². The van der Waals surface area contributed by atoms with Crippen LogP contribution in [0.4, 0.5) is 13.2 Å². The van der Waals surface area contributed by atoms with Crippen LogP contribution < -0.4 is 5.73 Å². The van der Waals surface area contributed by atoms with Crippen molar-refractivity contribution in [2.24, 2.45) is 5.73 Å². The average Bonchev–Trinajstić information content (AvgIpc) is 2.24. The van der Waals surface area contributed by atoms with E-state index >= 15 is 0 Å². The van der Waals surface area contributed by atoms with Gasteiger partial charge in [-0.15, -0.1) is 0 Å². The summed E-state index contributed by atoms with van der Waals surface area (Å²) in [7, 11) is -4.44. The molecule has 1 unspecified atom stereocenters. The largest absolute Gasteiger partial charge is 0.405 e. The molecule has 0 saturated heterocycles. The van der Waals surface area contributed by atoms with Gasteiger partial charge < -0.3 is 5.73 Å². The molecule has 0 bridgehead atoms. The molecule has 0 spiro atoms. The van der Waals surface area contributed by atoms with Crippen molar-refractivity contribution < 1.29 is 21.6 Å². The van der Waals surface area contributed by atoms with Gasteiger partial charge in [0.25, 0.3) is 0 Å². The van der Waals surface area contributed by atoms with Crippen LogP contribution in [0.15, 0.2) is 29.2 Å². The number of hydrogen-bond acceptors (Lipinski definition) is 3. The number of hydrogen-bond donors (Lipinski definition) is 1. The van der Waals surface area contributed by atoms with Crippen molar-refractivity contribution in [2.45, 2.75) is 29.7 Å².